The number of anilines is 1. The summed E-state index contributed by atoms with van der Waals surface area (Å²) in [5, 5.41) is 9.80. The van der Waals surface area contributed by atoms with E-state index in [4.69, 9.17) is 15.3 Å². The van der Waals surface area contributed by atoms with Gasteiger partial charge >= 0.3 is 0 Å². The van der Waals surface area contributed by atoms with Crippen LogP contribution in [-0.4, -0.2) is 5.11 Å². The van der Waals surface area contributed by atoms with Crippen molar-refractivity contribution in [2.45, 2.75) is 6.61 Å². The van der Waals surface area contributed by atoms with Crippen LogP contribution in [0.3, 0.4) is 0 Å². The van der Waals surface area contributed by atoms with Gasteiger partial charge in [-0.25, -0.2) is 0 Å². The van der Waals surface area contributed by atoms with E-state index in [1.807, 2.05) is 12.1 Å². The number of rotatable bonds is 1. The van der Waals surface area contributed by atoms with Crippen LogP contribution < -0.4 is 5.73 Å². The third-order valence-electron chi connectivity index (χ3n) is 1.88. The molecule has 0 aliphatic rings. The second-order valence-corrected chi connectivity index (χ2v) is 2.64. The number of aliphatic hydroxyl groups excluding tert-OH is 1. The van der Waals surface area contributed by atoms with Crippen LogP contribution in [0.15, 0.2) is 28.9 Å². The van der Waals surface area contributed by atoms with Gasteiger partial charge in [-0.3, -0.25) is 0 Å². The van der Waals surface area contributed by atoms with Gasteiger partial charge in [0.05, 0.1) is 18.6 Å². The van der Waals surface area contributed by atoms with Crippen molar-refractivity contribution in [3.63, 3.8) is 0 Å². The minimum Gasteiger partial charge on any atom is -0.462 e. The van der Waals surface area contributed by atoms with Crippen LogP contribution in [-0.2, 0) is 6.61 Å². The van der Waals surface area contributed by atoms with Gasteiger partial charge in [0.1, 0.15) is 0 Å². The summed E-state index contributed by atoms with van der Waals surface area (Å²) in [6.45, 7) is -0.0174. The average Bonchev–Trinajstić information content (AvgIpc) is 2.49. The molecule has 3 heteroatoms. The smallest absolute Gasteiger partial charge is 0.157 e. The maximum atomic E-state index is 8.91. The Morgan fingerprint density at radius 2 is 2.25 bits per heavy atom. The van der Waals surface area contributed by atoms with E-state index in [0.29, 0.717) is 11.3 Å². The van der Waals surface area contributed by atoms with Gasteiger partial charge in [0.25, 0.3) is 0 Å². The third-order valence-corrected chi connectivity index (χ3v) is 1.88. The molecule has 0 saturated carbocycles. The molecule has 0 saturated heterocycles. The number of para-hydroxylation sites is 1. The largest absolute Gasteiger partial charge is 0.462 e. The van der Waals surface area contributed by atoms with Crippen molar-refractivity contribution in [2.75, 3.05) is 5.73 Å². The number of fused-ring (bicyclic) bond motifs is 1. The number of benzene rings is 1. The van der Waals surface area contributed by atoms with Crippen LogP contribution in [0, 0.1) is 0 Å². The maximum absolute atomic E-state index is 8.91. The van der Waals surface area contributed by atoms with Gasteiger partial charge in [-0.05, 0) is 6.07 Å². The molecule has 0 aliphatic heterocycles. The van der Waals surface area contributed by atoms with E-state index in [1.165, 1.54) is 6.26 Å². The predicted octanol–water partition coefficient (Wildman–Crippen LogP) is 1.51. The van der Waals surface area contributed by atoms with Crippen molar-refractivity contribution in [1.82, 2.24) is 0 Å². The molecule has 1 heterocycles. The lowest BCUT2D eigenvalue weighted by Crippen LogP contribution is -1.84. The van der Waals surface area contributed by atoms with Gasteiger partial charge in [0, 0.05) is 10.9 Å². The zero-order valence-electron chi connectivity index (χ0n) is 6.45. The molecule has 0 spiro atoms. The van der Waals surface area contributed by atoms with Crippen molar-refractivity contribution in [2.24, 2.45) is 0 Å². The molecule has 62 valence electrons. The summed E-state index contributed by atoms with van der Waals surface area (Å²) in [5.41, 5.74) is 7.68. The zero-order valence-corrected chi connectivity index (χ0v) is 6.45. The number of aliphatic hydroxyl groups is 1. The fourth-order valence-corrected chi connectivity index (χ4v) is 1.26. The number of nitrogen functional groups attached to an aromatic ring is 1. The average molecular weight is 163 g/mol. The molecule has 2 rings (SSSR count). The predicted molar refractivity (Wildman–Crippen MR) is 46.5 cm³/mol. The molecule has 1 aromatic carbocycles. The van der Waals surface area contributed by atoms with E-state index in [9.17, 15) is 0 Å². The van der Waals surface area contributed by atoms with Gasteiger partial charge < -0.3 is 15.3 Å². The lowest BCUT2D eigenvalue weighted by molar-refractivity contribution is 0.282. The van der Waals surface area contributed by atoms with Crippen molar-refractivity contribution < 1.29 is 9.52 Å². The third kappa shape index (κ3) is 0.871. The normalized spacial score (nSPS) is 10.8. The van der Waals surface area contributed by atoms with Crippen LogP contribution in [0.5, 0.6) is 0 Å². The molecule has 0 aliphatic carbocycles. The van der Waals surface area contributed by atoms with E-state index in [1.54, 1.807) is 6.07 Å². The second kappa shape index (κ2) is 2.53. The highest BCUT2D eigenvalue weighted by Crippen LogP contribution is 2.25. The molecule has 0 fully saturated rings. The van der Waals surface area contributed by atoms with Crippen molar-refractivity contribution in [3.05, 3.63) is 30.0 Å². The lowest BCUT2D eigenvalue weighted by Gasteiger charge is -1.93. The van der Waals surface area contributed by atoms with Gasteiger partial charge in [-0.1, -0.05) is 12.1 Å². The first-order valence-electron chi connectivity index (χ1n) is 3.68. The first-order valence-corrected chi connectivity index (χ1v) is 3.68. The van der Waals surface area contributed by atoms with Gasteiger partial charge in [-0.2, -0.15) is 0 Å². The topological polar surface area (TPSA) is 59.4 Å². The summed E-state index contributed by atoms with van der Waals surface area (Å²) < 4.78 is 5.19. The van der Waals surface area contributed by atoms with Gasteiger partial charge in [0.2, 0.25) is 0 Å². The summed E-state index contributed by atoms with van der Waals surface area (Å²) in [4.78, 5) is 0. The minimum absolute atomic E-state index is 0.0174. The Labute approximate surface area is 69.4 Å². The summed E-state index contributed by atoms with van der Waals surface area (Å²) in [7, 11) is 0. The van der Waals surface area contributed by atoms with Crippen molar-refractivity contribution in [3.8, 4) is 0 Å². The zero-order chi connectivity index (χ0) is 8.55. The molecular weight excluding hydrogens is 154 g/mol. The number of hydrogen-bond donors (Lipinski definition) is 2. The number of furan rings is 1. The molecule has 0 bridgehead atoms. The standard InChI is InChI=1S/C9H9NO2/c10-8-3-1-2-7-6(4-11)5-12-9(7)8/h1-3,5,11H,4,10H2. The molecule has 0 amide bonds. The van der Waals surface area contributed by atoms with Crippen LogP contribution in [0.2, 0.25) is 0 Å². The van der Waals surface area contributed by atoms with Crippen LogP contribution in [0.4, 0.5) is 5.69 Å². The Kier molecular flexibility index (Phi) is 1.52. The SMILES string of the molecule is Nc1cccc2c(CO)coc12. The van der Waals surface area contributed by atoms with E-state index in [0.717, 1.165) is 10.9 Å². The first-order chi connectivity index (χ1) is 5.83. The highest BCUT2D eigenvalue weighted by Gasteiger charge is 2.05. The fraction of sp³-hybridized carbons (Fsp3) is 0.111. The Bertz CT molecular complexity index is 406. The van der Waals surface area contributed by atoms with Crippen molar-refractivity contribution >= 4 is 16.7 Å². The summed E-state index contributed by atoms with van der Waals surface area (Å²) in [5.74, 6) is 0. The second-order valence-electron chi connectivity index (χ2n) is 2.64. The molecule has 3 nitrogen and oxygen atoms in total. The molecule has 2 aromatic rings. The Balaban J connectivity index is 2.80. The molecule has 3 N–H and O–H groups in total. The molecule has 0 unspecified atom stereocenters. The molecule has 0 atom stereocenters. The molecule has 0 radical (unpaired) electrons. The molecular formula is C9H9NO2. The van der Waals surface area contributed by atoms with E-state index in [-0.39, 0.29) is 6.61 Å². The highest BCUT2D eigenvalue weighted by atomic mass is 16.3. The number of hydrogen-bond acceptors (Lipinski definition) is 3. The highest BCUT2D eigenvalue weighted by molar-refractivity contribution is 5.90. The van der Waals surface area contributed by atoms with Crippen molar-refractivity contribution in [1.29, 1.82) is 0 Å². The van der Waals surface area contributed by atoms with E-state index >= 15 is 0 Å². The maximum Gasteiger partial charge on any atom is 0.157 e. The molecule has 1 aromatic heterocycles. The van der Waals surface area contributed by atoms with E-state index in [2.05, 4.69) is 0 Å². The Hall–Kier alpha value is -1.48. The monoisotopic (exact) mass is 163 g/mol. The number of nitrogens with two attached hydrogens (primary N) is 1. The fourth-order valence-electron chi connectivity index (χ4n) is 1.26. The Morgan fingerprint density at radius 1 is 1.42 bits per heavy atom. The Morgan fingerprint density at radius 3 is 3.00 bits per heavy atom. The van der Waals surface area contributed by atoms with Crippen LogP contribution in [0.25, 0.3) is 11.0 Å². The quantitative estimate of drug-likeness (QED) is 0.626. The minimum atomic E-state index is -0.0174. The van der Waals surface area contributed by atoms with Gasteiger partial charge in [0.15, 0.2) is 5.58 Å². The summed E-state index contributed by atoms with van der Waals surface area (Å²) >= 11 is 0. The summed E-state index contributed by atoms with van der Waals surface area (Å²) in [6.07, 6.45) is 1.53. The lowest BCUT2D eigenvalue weighted by atomic mass is 10.2. The van der Waals surface area contributed by atoms with E-state index < -0.39 is 0 Å². The summed E-state index contributed by atoms with van der Waals surface area (Å²) in [6, 6.07) is 5.49. The first kappa shape index (κ1) is 7.18. The van der Waals surface area contributed by atoms with Crippen LogP contribution >= 0.6 is 0 Å². The van der Waals surface area contributed by atoms with Crippen LogP contribution in [0.1, 0.15) is 5.56 Å². The molecule has 12 heavy (non-hydrogen) atoms. The van der Waals surface area contributed by atoms with Gasteiger partial charge in [-0.15, -0.1) is 0 Å².